The molecule has 1 aliphatic rings. The Balaban J connectivity index is 1.87. The van der Waals surface area contributed by atoms with Gasteiger partial charge >= 0.3 is 0 Å². The molecule has 1 aromatic heterocycles. The topological polar surface area (TPSA) is 45.5 Å². The van der Waals surface area contributed by atoms with Crippen LogP contribution >= 0.6 is 0 Å². The van der Waals surface area contributed by atoms with Crippen LogP contribution in [0.5, 0.6) is 0 Å². The Labute approximate surface area is 125 Å². The van der Waals surface area contributed by atoms with Gasteiger partial charge in [0.25, 0.3) is 5.91 Å². The lowest BCUT2D eigenvalue weighted by molar-refractivity contribution is 0.0668. The van der Waals surface area contributed by atoms with Gasteiger partial charge in [-0.2, -0.15) is 0 Å². The molecule has 112 valence electrons. The number of hydrogen-bond acceptors (Lipinski definition) is 3. The SMILES string of the molecule is CNC1CCCN(C(=O)c2cc3cc(C)c(C)cc3o2)C1. The smallest absolute Gasteiger partial charge is 0.289 e. The number of aryl methyl sites for hydroxylation is 2. The van der Waals surface area contributed by atoms with Gasteiger partial charge in [0.1, 0.15) is 5.58 Å². The van der Waals surface area contributed by atoms with Crippen molar-refractivity contribution < 1.29 is 9.21 Å². The van der Waals surface area contributed by atoms with Gasteiger partial charge in [-0.05, 0) is 63.1 Å². The molecule has 0 aliphatic carbocycles. The number of fused-ring (bicyclic) bond motifs is 1. The van der Waals surface area contributed by atoms with Gasteiger partial charge in [-0.15, -0.1) is 0 Å². The molecule has 1 fully saturated rings. The predicted octanol–water partition coefficient (Wildman–Crippen LogP) is 2.87. The fraction of sp³-hybridized carbons (Fsp3) is 0.471. The number of carbonyl (C=O) groups is 1. The van der Waals surface area contributed by atoms with E-state index in [2.05, 4.69) is 25.2 Å². The zero-order chi connectivity index (χ0) is 15.0. The van der Waals surface area contributed by atoms with Crippen molar-refractivity contribution in [3.63, 3.8) is 0 Å². The van der Waals surface area contributed by atoms with E-state index in [9.17, 15) is 4.79 Å². The number of carbonyl (C=O) groups excluding carboxylic acids is 1. The number of likely N-dealkylation sites (N-methyl/N-ethyl adjacent to an activating group) is 1. The molecule has 2 heterocycles. The van der Waals surface area contributed by atoms with Crippen molar-refractivity contribution >= 4 is 16.9 Å². The number of amides is 1. The van der Waals surface area contributed by atoms with Gasteiger partial charge in [0.05, 0.1) is 0 Å². The highest BCUT2D eigenvalue weighted by atomic mass is 16.3. The molecular weight excluding hydrogens is 264 g/mol. The first kappa shape index (κ1) is 14.1. The van der Waals surface area contributed by atoms with E-state index < -0.39 is 0 Å². The maximum Gasteiger partial charge on any atom is 0.289 e. The van der Waals surface area contributed by atoms with Gasteiger partial charge < -0.3 is 14.6 Å². The number of furan rings is 1. The fourth-order valence-corrected chi connectivity index (χ4v) is 2.96. The maximum atomic E-state index is 12.6. The van der Waals surface area contributed by atoms with Gasteiger partial charge in [0, 0.05) is 24.5 Å². The van der Waals surface area contributed by atoms with Crippen LogP contribution in [0.15, 0.2) is 22.6 Å². The molecular formula is C17H22N2O2. The van der Waals surface area contributed by atoms with Crippen molar-refractivity contribution in [2.24, 2.45) is 0 Å². The van der Waals surface area contributed by atoms with Crippen LogP contribution < -0.4 is 5.32 Å². The van der Waals surface area contributed by atoms with Crippen LogP contribution in [0.25, 0.3) is 11.0 Å². The second-order valence-corrected chi connectivity index (χ2v) is 5.96. The number of benzene rings is 1. The van der Waals surface area contributed by atoms with E-state index in [0.717, 1.165) is 36.9 Å². The zero-order valence-electron chi connectivity index (χ0n) is 12.9. The Bertz CT molecular complexity index is 636. The Morgan fingerprint density at radius 2 is 2.05 bits per heavy atom. The van der Waals surface area contributed by atoms with Crippen molar-refractivity contribution in [1.29, 1.82) is 0 Å². The third-order valence-corrected chi connectivity index (χ3v) is 4.46. The lowest BCUT2D eigenvalue weighted by atomic mass is 10.1. The van der Waals surface area contributed by atoms with Crippen molar-refractivity contribution in [3.8, 4) is 0 Å². The second-order valence-electron chi connectivity index (χ2n) is 5.96. The Kier molecular flexibility index (Phi) is 3.72. The lowest BCUT2D eigenvalue weighted by Gasteiger charge is -2.31. The molecule has 0 spiro atoms. The van der Waals surface area contributed by atoms with E-state index in [1.807, 2.05) is 24.1 Å². The molecule has 1 atom stereocenters. The second kappa shape index (κ2) is 5.53. The first-order valence-corrected chi connectivity index (χ1v) is 7.56. The van der Waals surface area contributed by atoms with Gasteiger partial charge in [-0.25, -0.2) is 0 Å². The number of nitrogens with zero attached hydrogens (tertiary/aromatic N) is 1. The maximum absolute atomic E-state index is 12.6. The largest absolute Gasteiger partial charge is 0.451 e. The third kappa shape index (κ3) is 2.68. The van der Waals surface area contributed by atoms with Gasteiger partial charge in [0.15, 0.2) is 5.76 Å². The summed E-state index contributed by atoms with van der Waals surface area (Å²) in [7, 11) is 1.95. The summed E-state index contributed by atoms with van der Waals surface area (Å²) in [5, 5.41) is 4.26. The lowest BCUT2D eigenvalue weighted by Crippen LogP contribution is -2.46. The highest BCUT2D eigenvalue weighted by Crippen LogP contribution is 2.24. The predicted molar refractivity (Wildman–Crippen MR) is 83.7 cm³/mol. The molecule has 0 saturated carbocycles. The molecule has 3 rings (SSSR count). The molecule has 4 nitrogen and oxygen atoms in total. The molecule has 1 unspecified atom stereocenters. The fourth-order valence-electron chi connectivity index (χ4n) is 2.96. The van der Waals surface area contributed by atoms with E-state index in [-0.39, 0.29) is 5.91 Å². The van der Waals surface area contributed by atoms with Crippen LogP contribution in [0.4, 0.5) is 0 Å². The van der Waals surface area contributed by atoms with Crippen LogP contribution in [-0.2, 0) is 0 Å². The first-order chi connectivity index (χ1) is 10.1. The van der Waals surface area contributed by atoms with E-state index >= 15 is 0 Å². The number of hydrogen-bond donors (Lipinski definition) is 1. The average molecular weight is 286 g/mol. The van der Waals surface area contributed by atoms with Gasteiger partial charge in [-0.1, -0.05) is 0 Å². The van der Waals surface area contributed by atoms with E-state index in [0.29, 0.717) is 11.8 Å². The summed E-state index contributed by atoms with van der Waals surface area (Å²) in [6.07, 6.45) is 2.16. The summed E-state index contributed by atoms with van der Waals surface area (Å²) in [6, 6.07) is 6.34. The number of nitrogens with one attached hydrogen (secondary N) is 1. The molecule has 0 radical (unpaired) electrons. The molecule has 0 bridgehead atoms. The summed E-state index contributed by atoms with van der Waals surface area (Å²) in [5.41, 5.74) is 3.20. The van der Waals surface area contributed by atoms with Crippen molar-refractivity contribution in [3.05, 3.63) is 35.1 Å². The molecule has 1 amide bonds. The summed E-state index contributed by atoms with van der Waals surface area (Å²) in [4.78, 5) is 14.5. The van der Waals surface area contributed by atoms with Crippen molar-refractivity contribution in [1.82, 2.24) is 10.2 Å². The van der Waals surface area contributed by atoms with E-state index in [4.69, 9.17) is 4.42 Å². The molecule has 1 aromatic carbocycles. The Morgan fingerprint density at radius 3 is 2.81 bits per heavy atom. The van der Waals surface area contributed by atoms with Crippen LogP contribution in [-0.4, -0.2) is 37.0 Å². The summed E-state index contributed by atoms with van der Waals surface area (Å²) in [5.74, 6) is 0.452. The first-order valence-electron chi connectivity index (χ1n) is 7.56. The molecule has 1 aliphatic heterocycles. The highest BCUT2D eigenvalue weighted by Gasteiger charge is 2.25. The molecule has 21 heavy (non-hydrogen) atoms. The normalized spacial score (nSPS) is 19.2. The molecule has 1 N–H and O–H groups in total. The van der Waals surface area contributed by atoms with E-state index in [1.54, 1.807) is 0 Å². The van der Waals surface area contributed by atoms with Crippen molar-refractivity contribution in [2.75, 3.05) is 20.1 Å². The standard InChI is InChI=1S/C17H22N2O2/c1-11-7-13-9-16(21-15(13)8-12(11)2)17(20)19-6-4-5-14(10-19)18-3/h7-9,14,18H,4-6,10H2,1-3H3. The van der Waals surface area contributed by atoms with Gasteiger partial charge in [-0.3, -0.25) is 4.79 Å². The summed E-state index contributed by atoms with van der Waals surface area (Å²) < 4.78 is 5.78. The van der Waals surface area contributed by atoms with Gasteiger partial charge in [0.2, 0.25) is 0 Å². The zero-order valence-corrected chi connectivity index (χ0v) is 12.9. The summed E-state index contributed by atoms with van der Waals surface area (Å²) >= 11 is 0. The highest BCUT2D eigenvalue weighted by molar-refractivity contribution is 5.96. The van der Waals surface area contributed by atoms with E-state index in [1.165, 1.54) is 11.1 Å². The minimum absolute atomic E-state index is 0.00135. The molecule has 2 aromatic rings. The Morgan fingerprint density at radius 1 is 1.29 bits per heavy atom. The van der Waals surface area contributed by atoms with Crippen LogP contribution in [0.3, 0.4) is 0 Å². The molecule has 4 heteroatoms. The monoisotopic (exact) mass is 286 g/mol. The average Bonchev–Trinajstić information content (AvgIpc) is 2.89. The number of rotatable bonds is 2. The minimum atomic E-state index is 0.00135. The van der Waals surface area contributed by atoms with Crippen LogP contribution in [0.2, 0.25) is 0 Å². The Hall–Kier alpha value is -1.81. The van der Waals surface area contributed by atoms with Crippen LogP contribution in [0, 0.1) is 13.8 Å². The number of piperidine rings is 1. The van der Waals surface area contributed by atoms with Crippen molar-refractivity contribution in [2.45, 2.75) is 32.7 Å². The van der Waals surface area contributed by atoms with Crippen LogP contribution in [0.1, 0.15) is 34.5 Å². The quantitative estimate of drug-likeness (QED) is 0.923. The minimum Gasteiger partial charge on any atom is -0.451 e. The molecule has 1 saturated heterocycles. The summed E-state index contributed by atoms with van der Waals surface area (Å²) in [6.45, 7) is 5.70. The number of likely N-dealkylation sites (tertiary alicyclic amines) is 1. The third-order valence-electron chi connectivity index (χ3n) is 4.46.